The number of halogens is 1. The van der Waals surface area contributed by atoms with Crippen LogP contribution < -0.4 is 16.4 Å². The van der Waals surface area contributed by atoms with Crippen molar-refractivity contribution in [3.8, 4) is 0 Å². The molecule has 2 amide bonds. The molecule has 1 unspecified atom stereocenters. The average Bonchev–Trinajstić information content (AvgIpc) is 3.14. The smallest absolute Gasteiger partial charge is 0.240 e. The first-order valence-electron chi connectivity index (χ1n) is 9.32. The maximum atomic E-state index is 12.5. The SMILES string of the molecule is CC(C)[C@H](N)C(=O)NCC(=O)NC(c1ccccc1)c1cc2ccccc2o1.Cl. The van der Waals surface area contributed by atoms with Crippen molar-refractivity contribution in [2.45, 2.75) is 25.9 Å². The Balaban J connectivity index is 0.00000300. The van der Waals surface area contributed by atoms with Crippen molar-refractivity contribution < 1.29 is 14.0 Å². The number of amides is 2. The molecule has 2 aromatic carbocycles. The minimum absolute atomic E-state index is 0. The summed E-state index contributed by atoms with van der Waals surface area (Å²) in [7, 11) is 0. The van der Waals surface area contributed by atoms with Crippen LogP contribution in [0.5, 0.6) is 0 Å². The lowest BCUT2D eigenvalue weighted by atomic mass is 10.0. The van der Waals surface area contributed by atoms with Crippen LogP contribution in [0.25, 0.3) is 11.0 Å². The monoisotopic (exact) mass is 415 g/mol. The lowest BCUT2D eigenvalue weighted by molar-refractivity contribution is -0.127. The normalized spacial score (nSPS) is 12.8. The lowest BCUT2D eigenvalue weighted by Crippen LogP contribution is -2.47. The summed E-state index contributed by atoms with van der Waals surface area (Å²) in [6, 6.07) is 18.1. The molecule has 0 bridgehead atoms. The number of carbonyl (C=O) groups excluding carboxylic acids is 2. The van der Waals surface area contributed by atoms with Gasteiger partial charge in [0.25, 0.3) is 0 Å². The molecule has 0 radical (unpaired) electrons. The second-order valence-electron chi connectivity index (χ2n) is 7.09. The highest BCUT2D eigenvalue weighted by molar-refractivity contribution is 5.88. The van der Waals surface area contributed by atoms with Gasteiger partial charge in [0.2, 0.25) is 11.8 Å². The van der Waals surface area contributed by atoms with Crippen LogP contribution in [0.1, 0.15) is 31.2 Å². The fourth-order valence-electron chi connectivity index (χ4n) is 2.91. The Morgan fingerprint density at radius 2 is 1.69 bits per heavy atom. The maximum Gasteiger partial charge on any atom is 0.240 e. The molecular formula is C22H26ClN3O3. The van der Waals surface area contributed by atoms with E-state index in [0.717, 1.165) is 16.5 Å². The van der Waals surface area contributed by atoms with Gasteiger partial charge in [0, 0.05) is 5.39 Å². The van der Waals surface area contributed by atoms with Crippen molar-refractivity contribution >= 4 is 35.2 Å². The Bertz CT molecular complexity index is 923. The van der Waals surface area contributed by atoms with Gasteiger partial charge in [-0.15, -0.1) is 12.4 Å². The molecule has 3 rings (SSSR count). The van der Waals surface area contributed by atoms with Gasteiger partial charge >= 0.3 is 0 Å². The Morgan fingerprint density at radius 1 is 1.03 bits per heavy atom. The van der Waals surface area contributed by atoms with E-state index in [9.17, 15) is 9.59 Å². The third kappa shape index (κ3) is 5.59. The van der Waals surface area contributed by atoms with Gasteiger partial charge in [0.05, 0.1) is 12.6 Å². The molecule has 0 saturated heterocycles. The van der Waals surface area contributed by atoms with Gasteiger partial charge in [-0.25, -0.2) is 0 Å². The van der Waals surface area contributed by atoms with Gasteiger partial charge in [-0.3, -0.25) is 9.59 Å². The second kappa shape index (κ2) is 10.1. The number of nitrogens with two attached hydrogens (primary N) is 1. The molecular weight excluding hydrogens is 390 g/mol. The zero-order valence-corrected chi connectivity index (χ0v) is 17.2. The third-order valence-electron chi connectivity index (χ3n) is 4.61. The number of rotatable bonds is 7. The molecule has 0 aliphatic carbocycles. The van der Waals surface area contributed by atoms with E-state index in [-0.39, 0.29) is 36.7 Å². The highest BCUT2D eigenvalue weighted by Crippen LogP contribution is 2.28. The molecule has 4 N–H and O–H groups in total. The predicted molar refractivity (Wildman–Crippen MR) is 116 cm³/mol. The Morgan fingerprint density at radius 3 is 2.34 bits per heavy atom. The van der Waals surface area contributed by atoms with Crippen LogP contribution in [0.15, 0.2) is 65.1 Å². The van der Waals surface area contributed by atoms with E-state index in [1.165, 1.54) is 0 Å². The molecule has 2 atom stereocenters. The van der Waals surface area contributed by atoms with E-state index >= 15 is 0 Å². The van der Waals surface area contributed by atoms with E-state index in [1.54, 1.807) is 0 Å². The Kier molecular flexibility index (Phi) is 7.82. The third-order valence-corrected chi connectivity index (χ3v) is 4.61. The van der Waals surface area contributed by atoms with Gasteiger partial charge in [-0.05, 0) is 23.6 Å². The van der Waals surface area contributed by atoms with Crippen molar-refractivity contribution in [2.24, 2.45) is 11.7 Å². The van der Waals surface area contributed by atoms with Crippen LogP contribution in [-0.2, 0) is 9.59 Å². The zero-order chi connectivity index (χ0) is 20.1. The highest BCUT2D eigenvalue weighted by Gasteiger charge is 2.22. The lowest BCUT2D eigenvalue weighted by Gasteiger charge is -2.19. The van der Waals surface area contributed by atoms with Crippen LogP contribution in [0.3, 0.4) is 0 Å². The molecule has 3 aromatic rings. The van der Waals surface area contributed by atoms with E-state index in [4.69, 9.17) is 10.2 Å². The van der Waals surface area contributed by atoms with Crippen LogP contribution in [0, 0.1) is 5.92 Å². The van der Waals surface area contributed by atoms with Crippen molar-refractivity contribution in [3.05, 3.63) is 72.0 Å². The molecule has 154 valence electrons. The van der Waals surface area contributed by atoms with Crippen molar-refractivity contribution in [1.82, 2.24) is 10.6 Å². The summed E-state index contributed by atoms with van der Waals surface area (Å²) in [6.45, 7) is 3.57. The number of hydrogen-bond acceptors (Lipinski definition) is 4. The molecule has 0 fully saturated rings. The number of carbonyl (C=O) groups is 2. The molecule has 6 nitrogen and oxygen atoms in total. The molecule has 1 heterocycles. The number of fused-ring (bicyclic) bond motifs is 1. The van der Waals surface area contributed by atoms with Gasteiger partial charge < -0.3 is 20.8 Å². The molecule has 0 aliphatic heterocycles. The second-order valence-corrected chi connectivity index (χ2v) is 7.09. The topological polar surface area (TPSA) is 97.4 Å². The molecule has 29 heavy (non-hydrogen) atoms. The standard InChI is InChI=1S/C22H25N3O3.ClH/c1-14(2)20(23)22(27)24-13-19(26)25-21(15-8-4-3-5-9-15)18-12-16-10-6-7-11-17(16)28-18;/h3-12,14,20-21H,13,23H2,1-2H3,(H,24,27)(H,25,26);1H/t20-,21?;/m0./s1. The minimum Gasteiger partial charge on any atom is -0.459 e. The molecule has 1 aromatic heterocycles. The largest absolute Gasteiger partial charge is 0.459 e. The number of furan rings is 1. The Hall–Kier alpha value is -2.83. The van der Waals surface area contributed by atoms with Crippen molar-refractivity contribution in [2.75, 3.05) is 6.54 Å². The average molecular weight is 416 g/mol. The first-order chi connectivity index (χ1) is 13.5. The van der Waals surface area contributed by atoms with Crippen LogP contribution >= 0.6 is 12.4 Å². The van der Waals surface area contributed by atoms with Crippen LogP contribution in [0.2, 0.25) is 0 Å². The van der Waals surface area contributed by atoms with E-state index < -0.39 is 12.1 Å². The number of benzene rings is 2. The van der Waals surface area contributed by atoms with Gasteiger partial charge in [-0.1, -0.05) is 62.4 Å². The number of para-hydroxylation sites is 1. The van der Waals surface area contributed by atoms with Gasteiger partial charge in [0.1, 0.15) is 17.4 Å². The van der Waals surface area contributed by atoms with Crippen molar-refractivity contribution in [3.63, 3.8) is 0 Å². The number of nitrogens with one attached hydrogen (secondary N) is 2. The van der Waals surface area contributed by atoms with Gasteiger partial charge in [-0.2, -0.15) is 0 Å². The molecule has 0 spiro atoms. The zero-order valence-electron chi connectivity index (χ0n) is 16.4. The minimum atomic E-state index is -0.645. The molecule has 0 aliphatic rings. The summed E-state index contributed by atoms with van der Waals surface area (Å²) in [6.07, 6.45) is 0. The first-order valence-corrected chi connectivity index (χ1v) is 9.32. The van der Waals surface area contributed by atoms with E-state index in [1.807, 2.05) is 74.5 Å². The summed E-state index contributed by atoms with van der Waals surface area (Å²) >= 11 is 0. The van der Waals surface area contributed by atoms with E-state index in [0.29, 0.717) is 5.76 Å². The van der Waals surface area contributed by atoms with Crippen LogP contribution in [-0.4, -0.2) is 24.4 Å². The molecule has 0 saturated carbocycles. The fourth-order valence-corrected chi connectivity index (χ4v) is 2.91. The summed E-state index contributed by atoms with van der Waals surface area (Å²) in [5.41, 5.74) is 7.46. The van der Waals surface area contributed by atoms with Gasteiger partial charge in [0.15, 0.2) is 0 Å². The predicted octanol–water partition coefficient (Wildman–Crippen LogP) is 3.16. The molecule has 7 heteroatoms. The Labute approximate surface area is 176 Å². The number of hydrogen-bond donors (Lipinski definition) is 3. The first kappa shape index (κ1) is 22.5. The highest BCUT2D eigenvalue weighted by atomic mass is 35.5. The summed E-state index contributed by atoms with van der Waals surface area (Å²) in [5.74, 6) is -0.0367. The van der Waals surface area contributed by atoms with E-state index in [2.05, 4.69) is 10.6 Å². The van der Waals surface area contributed by atoms with Crippen LogP contribution in [0.4, 0.5) is 0 Å². The summed E-state index contributed by atoms with van der Waals surface area (Å²) in [5, 5.41) is 6.50. The summed E-state index contributed by atoms with van der Waals surface area (Å²) < 4.78 is 5.96. The maximum absolute atomic E-state index is 12.5. The fraction of sp³-hybridized carbons (Fsp3) is 0.273. The van der Waals surface area contributed by atoms with Crippen molar-refractivity contribution in [1.29, 1.82) is 0 Å². The quantitative estimate of drug-likeness (QED) is 0.552. The summed E-state index contributed by atoms with van der Waals surface area (Å²) in [4.78, 5) is 24.5.